The van der Waals surface area contributed by atoms with Gasteiger partial charge in [0.05, 0.1) is 11.8 Å². The van der Waals surface area contributed by atoms with Gasteiger partial charge in [0.15, 0.2) is 5.25 Å². The van der Waals surface area contributed by atoms with Crippen molar-refractivity contribution < 1.29 is 8.42 Å². The first-order chi connectivity index (χ1) is 7.36. The number of rotatable bonds is 3. The van der Waals surface area contributed by atoms with Crippen LogP contribution in [-0.4, -0.2) is 13.7 Å². The summed E-state index contributed by atoms with van der Waals surface area (Å²) in [6.45, 7) is 1.33. The minimum absolute atomic E-state index is 0.400. The van der Waals surface area contributed by atoms with Gasteiger partial charge in [0.1, 0.15) is 0 Å². The van der Waals surface area contributed by atoms with Crippen LogP contribution < -0.4 is 4.72 Å². The van der Waals surface area contributed by atoms with E-state index in [1.807, 2.05) is 0 Å². The Morgan fingerprint density at radius 3 is 2.62 bits per heavy atom. The standard InChI is InChI=1S/C9H8Br2N2O2S/c1-6(5-12)16(14,15)13-9-4-7(10)2-3-8(9)11/h2-4,6,13H,1H3. The smallest absolute Gasteiger partial charge is 0.248 e. The van der Waals surface area contributed by atoms with Crippen LogP contribution in [0.15, 0.2) is 27.1 Å². The van der Waals surface area contributed by atoms with Crippen molar-refractivity contribution in [3.8, 4) is 6.07 Å². The maximum absolute atomic E-state index is 11.6. The van der Waals surface area contributed by atoms with E-state index >= 15 is 0 Å². The van der Waals surface area contributed by atoms with Crippen molar-refractivity contribution in [2.24, 2.45) is 0 Å². The number of halogens is 2. The van der Waals surface area contributed by atoms with E-state index in [1.54, 1.807) is 24.3 Å². The number of nitriles is 1. The van der Waals surface area contributed by atoms with E-state index < -0.39 is 15.3 Å². The van der Waals surface area contributed by atoms with E-state index in [4.69, 9.17) is 5.26 Å². The molecule has 16 heavy (non-hydrogen) atoms. The summed E-state index contributed by atoms with van der Waals surface area (Å²) in [5.41, 5.74) is 0.400. The minimum atomic E-state index is -3.66. The third kappa shape index (κ3) is 3.20. The van der Waals surface area contributed by atoms with Crippen LogP contribution in [0.25, 0.3) is 0 Å². The monoisotopic (exact) mass is 366 g/mol. The van der Waals surface area contributed by atoms with Crippen LogP contribution in [0.1, 0.15) is 6.92 Å². The second-order valence-electron chi connectivity index (χ2n) is 3.04. The fourth-order valence-corrected chi connectivity index (χ4v) is 2.52. The Bertz CT molecular complexity index is 537. The molecule has 0 aliphatic rings. The highest BCUT2D eigenvalue weighted by molar-refractivity contribution is 9.11. The van der Waals surface area contributed by atoms with Crippen LogP contribution in [0.3, 0.4) is 0 Å². The number of nitrogens with zero attached hydrogens (tertiary/aromatic N) is 1. The molecule has 7 heteroatoms. The second-order valence-corrected chi connectivity index (χ2v) is 6.81. The van der Waals surface area contributed by atoms with Crippen LogP contribution in [0.2, 0.25) is 0 Å². The Kier molecular flexibility index (Phi) is 4.35. The number of sulfonamides is 1. The zero-order chi connectivity index (χ0) is 12.3. The van der Waals surface area contributed by atoms with Crippen LogP contribution in [0.4, 0.5) is 5.69 Å². The fourth-order valence-electron chi connectivity index (χ4n) is 0.887. The van der Waals surface area contributed by atoms with Crippen LogP contribution in [0, 0.1) is 11.3 Å². The largest absolute Gasteiger partial charge is 0.281 e. The van der Waals surface area contributed by atoms with Gasteiger partial charge in [-0.2, -0.15) is 5.26 Å². The summed E-state index contributed by atoms with van der Waals surface area (Å²) >= 11 is 6.46. The third-order valence-corrected chi connectivity index (χ3v) is 4.55. The van der Waals surface area contributed by atoms with Gasteiger partial charge in [0.2, 0.25) is 10.0 Å². The zero-order valence-electron chi connectivity index (χ0n) is 8.24. The topological polar surface area (TPSA) is 70.0 Å². The molecule has 0 aliphatic carbocycles. The second kappa shape index (κ2) is 5.17. The van der Waals surface area contributed by atoms with Crippen molar-refractivity contribution in [2.45, 2.75) is 12.2 Å². The molecule has 4 nitrogen and oxygen atoms in total. The van der Waals surface area contributed by atoms with Gasteiger partial charge in [-0.1, -0.05) is 15.9 Å². The van der Waals surface area contributed by atoms with E-state index in [2.05, 4.69) is 36.6 Å². The van der Waals surface area contributed by atoms with Crippen LogP contribution in [-0.2, 0) is 10.0 Å². The predicted molar refractivity (Wildman–Crippen MR) is 69.5 cm³/mol. The van der Waals surface area contributed by atoms with Crippen molar-refractivity contribution in [1.29, 1.82) is 5.26 Å². The van der Waals surface area contributed by atoms with E-state index in [0.29, 0.717) is 10.2 Å². The first-order valence-electron chi connectivity index (χ1n) is 4.23. The van der Waals surface area contributed by atoms with Gasteiger partial charge < -0.3 is 0 Å². The highest BCUT2D eigenvalue weighted by Gasteiger charge is 2.20. The molecule has 0 aromatic heterocycles. The average molecular weight is 368 g/mol. The molecule has 1 aromatic carbocycles. The Morgan fingerprint density at radius 1 is 1.44 bits per heavy atom. The molecule has 0 radical (unpaired) electrons. The van der Waals surface area contributed by atoms with Gasteiger partial charge in [-0.3, -0.25) is 4.72 Å². The molecule has 1 aromatic rings. The number of benzene rings is 1. The summed E-state index contributed by atoms with van der Waals surface area (Å²) < 4.78 is 27.0. The molecule has 1 atom stereocenters. The molecule has 0 saturated heterocycles. The Hall–Kier alpha value is -0.580. The Balaban J connectivity index is 3.07. The number of hydrogen-bond donors (Lipinski definition) is 1. The molecule has 0 spiro atoms. The SMILES string of the molecule is CC(C#N)S(=O)(=O)Nc1cc(Br)ccc1Br. The molecule has 0 amide bonds. The predicted octanol–water partition coefficient (Wildman–Crippen LogP) is 2.87. The highest BCUT2D eigenvalue weighted by atomic mass is 79.9. The minimum Gasteiger partial charge on any atom is -0.281 e. The van der Waals surface area contributed by atoms with E-state index in [-0.39, 0.29) is 0 Å². The number of nitrogens with one attached hydrogen (secondary N) is 1. The van der Waals surface area contributed by atoms with Crippen molar-refractivity contribution in [3.63, 3.8) is 0 Å². The van der Waals surface area contributed by atoms with Crippen molar-refractivity contribution in [2.75, 3.05) is 4.72 Å². The molecule has 0 aliphatic heterocycles. The van der Waals surface area contributed by atoms with E-state index in [9.17, 15) is 8.42 Å². The quantitative estimate of drug-likeness (QED) is 0.892. The first-order valence-corrected chi connectivity index (χ1v) is 7.36. The van der Waals surface area contributed by atoms with Gasteiger partial charge >= 0.3 is 0 Å². The van der Waals surface area contributed by atoms with Gasteiger partial charge in [-0.05, 0) is 41.1 Å². The summed E-state index contributed by atoms with van der Waals surface area (Å²) in [6.07, 6.45) is 0. The molecule has 0 saturated carbocycles. The zero-order valence-corrected chi connectivity index (χ0v) is 12.2. The van der Waals surface area contributed by atoms with Crippen molar-refractivity contribution >= 4 is 47.6 Å². The molecule has 0 bridgehead atoms. The van der Waals surface area contributed by atoms with Gasteiger partial charge in [-0.25, -0.2) is 8.42 Å². The van der Waals surface area contributed by atoms with E-state index in [1.165, 1.54) is 6.92 Å². The maximum atomic E-state index is 11.6. The van der Waals surface area contributed by atoms with Gasteiger partial charge in [-0.15, -0.1) is 0 Å². The highest BCUT2D eigenvalue weighted by Crippen LogP contribution is 2.27. The Morgan fingerprint density at radius 2 is 2.06 bits per heavy atom. The molecule has 0 fully saturated rings. The lowest BCUT2D eigenvalue weighted by Gasteiger charge is -2.11. The summed E-state index contributed by atoms with van der Waals surface area (Å²) in [7, 11) is -3.66. The normalized spacial score (nSPS) is 12.9. The van der Waals surface area contributed by atoms with Crippen LogP contribution >= 0.6 is 31.9 Å². The van der Waals surface area contributed by atoms with Crippen molar-refractivity contribution in [1.82, 2.24) is 0 Å². The van der Waals surface area contributed by atoms with Crippen molar-refractivity contribution in [3.05, 3.63) is 27.1 Å². The van der Waals surface area contributed by atoms with Gasteiger partial charge in [0.25, 0.3) is 0 Å². The molecule has 1 unspecified atom stereocenters. The average Bonchev–Trinajstić information content (AvgIpc) is 2.22. The summed E-state index contributed by atoms with van der Waals surface area (Å²) in [6, 6.07) is 6.78. The lowest BCUT2D eigenvalue weighted by atomic mass is 10.3. The molecule has 0 heterocycles. The molecule has 1 rings (SSSR count). The first kappa shape index (κ1) is 13.5. The lowest BCUT2D eigenvalue weighted by Crippen LogP contribution is -2.23. The Labute approximate surface area is 111 Å². The summed E-state index contributed by atoms with van der Waals surface area (Å²) in [5.74, 6) is 0. The maximum Gasteiger partial charge on any atom is 0.248 e. The summed E-state index contributed by atoms with van der Waals surface area (Å²) in [4.78, 5) is 0. The van der Waals surface area contributed by atoms with E-state index in [0.717, 1.165) is 4.47 Å². The summed E-state index contributed by atoms with van der Waals surface area (Å²) in [5, 5.41) is 7.48. The lowest BCUT2D eigenvalue weighted by molar-refractivity contribution is 0.597. The van der Waals surface area contributed by atoms with Gasteiger partial charge in [0, 0.05) is 8.95 Å². The molecule has 1 N–H and O–H groups in total. The molecular formula is C9H8Br2N2O2S. The number of hydrogen-bond acceptors (Lipinski definition) is 3. The fraction of sp³-hybridized carbons (Fsp3) is 0.222. The number of anilines is 1. The third-order valence-electron chi connectivity index (χ3n) is 1.83. The van der Waals surface area contributed by atoms with Crippen LogP contribution in [0.5, 0.6) is 0 Å². The molecular weight excluding hydrogens is 360 g/mol. The molecule has 86 valence electrons.